The van der Waals surface area contributed by atoms with Gasteiger partial charge in [0.05, 0.1) is 0 Å². The van der Waals surface area contributed by atoms with Gasteiger partial charge in [-0.2, -0.15) is 0 Å². The average Bonchev–Trinajstić information content (AvgIpc) is 3.19. The first-order valence-electron chi connectivity index (χ1n) is 8.19. The molecule has 0 saturated carbocycles. The van der Waals surface area contributed by atoms with Crippen LogP contribution < -0.4 is 10.6 Å². The number of benzene rings is 1. The smallest absolute Gasteiger partial charge is 0.325 e. The third-order valence-electron chi connectivity index (χ3n) is 4.97. The molecule has 0 bridgehead atoms. The van der Waals surface area contributed by atoms with E-state index in [1.807, 2.05) is 0 Å². The first-order valence-corrected chi connectivity index (χ1v) is 8.19. The molecule has 0 aliphatic carbocycles. The summed E-state index contributed by atoms with van der Waals surface area (Å²) in [7, 11) is 1.68. The van der Waals surface area contributed by atoms with Crippen molar-refractivity contribution in [1.29, 1.82) is 0 Å². The highest BCUT2D eigenvalue weighted by atomic mass is 19.1. The number of hydrogen-bond acceptors (Lipinski definition) is 4. The largest absolute Gasteiger partial charge is 0.340 e. The van der Waals surface area contributed by atoms with Gasteiger partial charge < -0.3 is 15.5 Å². The van der Waals surface area contributed by atoms with Crippen molar-refractivity contribution in [1.82, 2.24) is 20.4 Å². The highest BCUT2D eigenvalue weighted by Gasteiger charge is 2.49. The maximum atomic E-state index is 13.1. The lowest BCUT2D eigenvalue weighted by Crippen LogP contribution is -2.46. The van der Waals surface area contributed by atoms with E-state index in [9.17, 15) is 18.8 Å². The van der Waals surface area contributed by atoms with E-state index >= 15 is 0 Å². The van der Waals surface area contributed by atoms with E-state index in [4.69, 9.17) is 0 Å². The first-order chi connectivity index (χ1) is 11.8. The molecule has 2 aliphatic heterocycles. The number of halogens is 1. The number of nitrogens with one attached hydrogen (secondary N) is 2. The van der Waals surface area contributed by atoms with Crippen molar-refractivity contribution in [2.75, 3.05) is 26.7 Å². The Morgan fingerprint density at radius 1 is 1.36 bits per heavy atom. The van der Waals surface area contributed by atoms with Crippen molar-refractivity contribution in [3.63, 3.8) is 0 Å². The monoisotopic (exact) mass is 348 g/mol. The minimum atomic E-state index is -1.31. The molecule has 2 fully saturated rings. The Balaban J connectivity index is 1.74. The van der Waals surface area contributed by atoms with Gasteiger partial charge in [-0.3, -0.25) is 14.5 Å². The molecule has 0 spiro atoms. The maximum Gasteiger partial charge on any atom is 0.325 e. The molecular weight excluding hydrogens is 327 g/mol. The van der Waals surface area contributed by atoms with Gasteiger partial charge in [-0.15, -0.1) is 0 Å². The molecule has 4 amide bonds. The van der Waals surface area contributed by atoms with E-state index in [2.05, 4.69) is 10.6 Å². The lowest BCUT2D eigenvalue weighted by atomic mass is 9.92. The number of rotatable bonds is 4. The Morgan fingerprint density at radius 3 is 2.64 bits per heavy atom. The van der Waals surface area contributed by atoms with Gasteiger partial charge in [0.1, 0.15) is 17.9 Å². The lowest BCUT2D eigenvalue weighted by Gasteiger charge is -2.26. The summed E-state index contributed by atoms with van der Waals surface area (Å²) in [4.78, 5) is 40.0. The molecule has 1 aromatic carbocycles. The highest BCUT2D eigenvalue weighted by Crippen LogP contribution is 2.29. The maximum absolute atomic E-state index is 13.1. The summed E-state index contributed by atoms with van der Waals surface area (Å²) in [6.45, 7) is 2.79. The van der Waals surface area contributed by atoms with Gasteiger partial charge in [-0.05, 0) is 37.6 Å². The Bertz CT molecular complexity index is 702. The number of nitrogens with zero attached hydrogens (tertiary/aromatic N) is 2. The molecule has 2 unspecified atom stereocenters. The second-order valence-corrected chi connectivity index (χ2v) is 6.60. The molecule has 2 aliphatic rings. The molecule has 7 nitrogen and oxygen atoms in total. The van der Waals surface area contributed by atoms with Crippen molar-refractivity contribution in [2.24, 2.45) is 0 Å². The van der Waals surface area contributed by atoms with Gasteiger partial charge in [-0.25, -0.2) is 9.18 Å². The van der Waals surface area contributed by atoms with Crippen molar-refractivity contribution in [3.8, 4) is 0 Å². The van der Waals surface area contributed by atoms with E-state index in [0.29, 0.717) is 12.1 Å². The third kappa shape index (κ3) is 3.09. The molecule has 8 heteroatoms. The number of carbonyl (C=O) groups is 3. The van der Waals surface area contributed by atoms with Crippen LogP contribution in [0.2, 0.25) is 0 Å². The van der Waals surface area contributed by atoms with Crippen LogP contribution in [-0.4, -0.2) is 60.4 Å². The summed E-state index contributed by atoms with van der Waals surface area (Å²) < 4.78 is 13.1. The van der Waals surface area contributed by atoms with Crippen LogP contribution in [0.1, 0.15) is 18.9 Å². The van der Waals surface area contributed by atoms with Crippen LogP contribution in [0.4, 0.5) is 9.18 Å². The number of likely N-dealkylation sites (N-methyl/N-ethyl adjacent to an activating group) is 1. The van der Waals surface area contributed by atoms with Crippen molar-refractivity contribution in [2.45, 2.75) is 24.9 Å². The molecule has 25 heavy (non-hydrogen) atoms. The fourth-order valence-electron chi connectivity index (χ4n) is 3.24. The molecule has 2 saturated heterocycles. The summed E-state index contributed by atoms with van der Waals surface area (Å²) >= 11 is 0. The number of hydrogen-bond donors (Lipinski definition) is 2. The van der Waals surface area contributed by atoms with Gasteiger partial charge in [0.2, 0.25) is 5.91 Å². The highest BCUT2D eigenvalue weighted by molar-refractivity contribution is 6.09. The zero-order valence-corrected chi connectivity index (χ0v) is 14.2. The minimum Gasteiger partial charge on any atom is -0.340 e. The summed E-state index contributed by atoms with van der Waals surface area (Å²) in [6.07, 6.45) is 0.843. The number of amides is 4. The molecule has 2 N–H and O–H groups in total. The predicted octanol–water partition coefficient (Wildman–Crippen LogP) is 0.413. The molecule has 2 atom stereocenters. The molecular formula is C17H21FN4O3. The normalized spacial score (nSPS) is 26.0. The third-order valence-corrected chi connectivity index (χ3v) is 4.97. The second kappa shape index (κ2) is 6.44. The zero-order valence-electron chi connectivity index (χ0n) is 14.2. The summed E-state index contributed by atoms with van der Waals surface area (Å²) in [5, 5.41) is 5.79. The fraction of sp³-hybridized carbons (Fsp3) is 0.471. The Morgan fingerprint density at radius 2 is 2.04 bits per heavy atom. The van der Waals surface area contributed by atoms with E-state index in [1.54, 1.807) is 18.9 Å². The molecule has 0 aromatic heterocycles. The lowest BCUT2D eigenvalue weighted by molar-refractivity contribution is -0.139. The molecule has 3 rings (SSSR count). The van der Waals surface area contributed by atoms with Crippen LogP contribution in [0, 0.1) is 5.82 Å². The van der Waals surface area contributed by atoms with Crippen LogP contribution in [0.25, 0.3) is 0 Å². The van der Waals surface area contributed by atoms with Gasteiger partial charge >= 0.3 is 6.03 Å². The van der Waals surface area contributed by atoms with E-state index in [-0.39, 0.29) is 18.5 Å². The minimum absolute atomic E-state index is 0.0664. The first kappa shape index (κ1) is 17.3. The number of urea groups is 1. The van der Waals surface area contributed by atoms with Crippen LogP contribution in [0.3, 0.4) is 0 Å². The van der Waals surface area contributed by atoms with Crippen molar-refractivity contribution < 1.29 is 18.8 Å². The average molecular weight is 348 g/mol. The summed E-state index contributed by atoms with van der Waals surface area (Å²) in [5.41, 5.74) is -0.839. The Kier molecular flexibility index (Phi) is 4.47. The second-order valence-electron chi connectivity index (χ2n) is 6.60. The van der Waals surface area contributed by atoms with Gasteiger partial charge in [0, 0.05) is 19.6 Å². The van der Waals surface area contributed by atoms with Crippen molar-refractivity contribution in [3.05, 3.63) is 35.6 Å². The number of carbonyl (C=O) groups excluding carboxylic acids is 3. The van der Waals surface area contributed by atoms with Crippen LogP contribution in [0.5, 0.6) is 0 Å². The summed E-state index contributed by atoms with van der Waals surface area (Å²) in [6, 6.07) is 4.81. The van der Waals surface area contributed by atoms with E-state index in [0.717, 1.165) is 17.9 Å². The van der Waals surface area contributed by atoms with Crippen LogP contribution in [-0.2, 0) is 15.1 Å². The van der Waals surface area contributed by atoms with Crippen molar-refractivity contribution >= 4 is 17.8 Å². The Hall–Kier alpha value is -2.48. The molecule has 2 heterocycles. The van der Waals surface area contributed by atoms with E-state index in [1.165, 1.54) is 24.3 Å². The molecule has 0 radical (unpaired) electrons. The molecule has 134 valence electrons. The van der Waals surface area contributed by atoms with Gasteiger partial charge in [0.15, 0.2) is 0 Å². The molecule has 1 aromatic rings. The standard InChI is InChI=1S/C17H21FN4O3/c1-17(11-3-5-12(18)6-4-11)15(24)22(16(25)20-17)10-14(23)21(2)13-7-8-19-9-13/h3-6,13,19H,7-10H2,1-2H3,(H,20,25). The quantitative estimate of drug-likeness (QED) is 0.773. The van der Waals surface area contributed by atoms with Crippen LogP contribution >= 0.6 is 0 Å². The zero-order chi connectivity index (χ0) is 18.2. The SMILES string of the molecule is CN(C(=O)CN1C(=O)NC(C)(c2ccc(F)cc2)C1=O)C1CCNC1. The summed E-state index contributed by atoms with van der Waals surface area (Å²) in [5.74, 6) is -1.24. The number of imide groups is 1. The van der Waals surface area contributed by atoms with Gasteiger partial charge in [0.25, 0.3) is 5.91 Å². The fourth-order valence-corrected chi connectivity index (χ4v) is 3.24. The topological polar surface area (TPSA) is 81.8 Å². The Labute approximate surface area is 145 Å². The van der Waals surface area contributed by atoms with Gasteiger partial charge in [-0.1, -0.05) is 12.1 Å². The predicted molar refractivity (Wildman–Crippen MR) is 88.0 cm³/mol. The van der Waals surface area contributed by atoms with E-state index < -0.39 is 23.3 Å². The van der Waals surface area contributed by atoms with Crippen LogP contribution in [0.15, 0.2) is 24.3 Å².